The molecule has 0 amide bonds. The van der Waals surface area contributed by atoms with Crippen molar-refractivity contribution in [2.75, 3.05) is 13.2 Å². The van der Waals surface area contributed by atoms with Crippen LogP contribution in [0.4, 0.5) is 0 Å². The fourth-order valence-corrected chi connectivity index (χ4v) is 4.23. The van der Waals surface area contributed by atoms with E-state index in [9.17, 15) is 0 Å². The summed E-state index contributed by atoms with van der Waals surface area (Å²) in [6.07, 6.45) is 7.51. The number of rotatable bonds is 6. The Kier molecular flexibility index (Phi) is 4.92. The molecule has 0 fully saturated rings. The predicted molar refractivity (Wildman–Crippen MR) is 98.3 cm³/mol. The van der Waals surface area contributed by atoms with E-state index in [-0.39, 0.29) is 0 Å². The lowest BCUT2D eigenvalue weighted by atomic mass is 10.2. The number of hydrogen-bond acceptors (Lipinski definition) is 5. The molecule has 1 aliphatic rings. The highest BCUT2D eigenvalue weighted by Crippen LogP contribution is 2.25. The third-order valence-electron chi connectivity index (χ3n) is 4.50. The van der Waals surface area contributed by atoms with E-state index in [1.807, 2.05) is 36.0 Å². The maximum atomic E-state index is 5.99. The summed E-state index contributed by atoms with van der Waals surface area (Å²) in [5.41, 5.74) is 2.42. The lowest BCUT2D eigenvalue weighted by Crippen LogP contribution is -2.38. The van der Waals surface area contributed by atoms with Gasteiger partial charge >= 0.3 is 0 Å². The van der Waals surface area contributed by atoms with E-state index in [1.54, 1.807) is 12.4 Å². The Labute approximate surface area is 151 Å². The lowest BCUT2D eigenvalue weighted by molar-refractivity contribution is 0.0590. The van der Waals surface area contributed by atoms with Crippen molar-refractivity contribution in [3.05, 3.63) is 70.2 Å². The van der Waals surface area contributed by atoms with Gasteiger partial charge < -0.3 is 9.30 Å². The summed E-state index contributed by atoms with van der Waals surface area (Å²) in [6, 6.07) is 8.72. The Hall–Kier alpha value is -2.02. The van der Waals surface area contributed by atoms with Crippen LogP contribution in [0.3, 0.4) is 0 Å². The molecule has 0 unspecified atom stereocenters. The topological polar surface area (TPSA) is 43.2 Å². The Morgan fingerprint density at radius 2 is 2.08 bits per heavy atom. The molecule has 0 bridgehead atoms. The Morgan fingerprint density at radius 1 is 1.20 bits per heavy atom. The van der Waals surface area contributed by atoms with Crippen LogP contribution in [0, 0.1) is 6.92 Å². The molecule has 0 aromatic carbocycles. The second-order valence-corrected chi connectivity index (χ2v) is 7.87. The van der Waals surface area contributed by atoms with E-state index in [0.29, 0.717) is 19.3 Å². The molecule has 3 aromatic rings. The van der Waals surface area contributed by atoms with Crippen molar-refractivity contribution in [3.63, 3.8) is 0 Å². The van der Waals surface area contributed by atoms with Gasteiger partial charge in [-0.15, -0.1) is 11.3 Å². The van der Waals surface area contributed by atoms with Gasteiger partial charge in [0.25, 0.3) is 0 Å². The summed E-state index contributed by atoms with van der Waals surface area (Å²) in [5.74, 6) is 0. The van der Waals surface area contributed by atoms with Gasteiger partial charge in [-0.3, -0.25) is 9.88 Å². The van der Waals surface area contributed by atoms with Crippen LogP contribution in [0.1, 0.15) is 27.1 Å². The van der Waals surface area contributed by atoms with E-state index in [2.05, 4.69) is 38.5 Å². The number of aryl methyl sites for hydroxylation is 1. The van der Waals surface area contributed by atoms with E-state index < -0.39 is 0 Å². The highest BCUT2D eigenvalue weighted by molar-refractivity contribution is 7.11. The lowest BCUT2D eigenvalue weighted by Gasteiger charge is -2.34. The standard InChI is InChI=1S/C19H22N4OS/c1-15-2-3-19(25-15)11-22-9-17-8-21-14-23(17)18(10-22)13-24-12-16-4-6-20-7-5-16/h2-8,14,18H,9-13H2,1H3/t18-/m0/s1. The molecule has 3 aromatic heterocycles. The fraction of sp³-hybridized carbons (Fsp3) is 0.368. The van der Waals surface area contributed by atoms with Crippen LogP contribution in [0.25, 0.3) is 0 Å². The summed E-state index contributed by atoms with van der Waals surface area (Å²) in [4.78, 5) is 13.7. The number of pyridine rings is 1. The van der Waals surface area contributed by atoms with Crippen LogP contribution in [-0.4, -0.2) is 32.6 Å². The van der Waals surface area contributed by atoms with Crippen LogP contribution in [0.2, 0.25) is 0 Å². The largest absolute Gasteiger partial charge is 0.375 e. The van der Waals surface area contributed by atoms with E-state index in [4.69, 9.17) is 4.74 Å². The Balaban J connectivity index is 1.40. The summed E-state index contributed by atoms with van der Waals surface area (Å²) in [7, 11) is 0. The minimum absolute atomic E-state index is 0.300. The van der Waals surface area contributed by atoms with Crippen molar-refractivity contribution in [3.8, 4) is 0 Å². The number of thiophene rings is 1. The molecule has 1 atom stereocenters. The van der Waals surface area contributed by atoms with Gasteiger partial charge in [0.1, 0.15) is 0 Å². The predicted octanol–water partition coefficient (Wildman–Crippen LogP) is 3.42. The van der Waals surface area contributed by atoms with E-state index in [0.717, 1.165) is 25.2 Å². The average Bonchev–Trinajstić information content (AvgIpc) is 3.25. The van der Waals surface area contributed by atoms with Crippen molar-refractivity contribution >= 4 is 11.3 Å². The third-order valence-corrected chi connectivity index (χ3v) is 5.48. The van der Waals surface area contributed by atoms with Gasteiger partial charge in [-0.05, 0) is 36.8 Å². The van der Waals surface area contributed by atoms with E-state index >= 15 is 0 Å². The number of ether oxygens (including phenoxy) is 1. The number of aromatic nitrogens is 3. The van der Waals surface area contributed by atoms with E-state index in [1.165, 1.54) is 15.4 Å². The molecule has 0 saturated carbocycles. The van der Waals surface area contributed by atoms with Gasteiger partial charge in [-0.25, -0.2) is 4.98 Å². The first kappa shape index (κ1) is 16.4. The maximum absolute atomic E-state index is 5.99. The minimum Gasteiger partial charge on any atom is -0.375 e. The molecule has 25 heavy (non-hydrogen) atoms. The molecular formula is C19H22N4OS. The second-order valence-electron chi connectivity index (χ2n) is 6.50. The number of imidazole rings is 1. The Morgan fingerprint density at radius 3 is 2.88 bits per heavy atom. The van der Waals surface area contributed by atoms with Crippen LogP contribution in [0.15, 0.2) is 49.2 Å². The molecule has 1 aliphatic heterocycles. The van der Waals surface area contributed by atoms with Crippen molar-refractivity contribution in [2.24, 2.45) is 0 Å². The normalized spacial score (nSPS) is 17.6. The van der Waals surface area contributed by atoms with Crippen molar-refractivity contribution < 1.29 is 4.74 Å². The first-order valence-electron chi connectivity index (χ1n) is 8.53. The van der Waals surface area contributed by atoms with Gasteiger partial charge in [0, 0.05) is 48.0 Å². The molecule has 0 spiro atoms. The van der Waals surface area contributed by atoms with Crippen molar-refractivity contribution in [2.45, 2.75) is 32.7 Å². The molecule has 4 heterocycles. The molecule has 0 N–H and O–H groups in total. The summed E-state index contributed by atoms with van der Waals surface area (Å²) < 4.78 is 8.25. The van der Waals surface area contributed by atoms with Gasteiger partial charge in [0.05, 0.1) is 31.3 Å². The van der Waals surface area contributed by atoms with Crippen LogP contribution in [-0.2, 0) is 24.4 Å². The SMILES string of the molecule is Cc1ccc(CN2Cc3cncn3[C@H](COCc3ccncc3)C2)s1. The Bertz CT molecular complexity index is 814. The zero-order chi connectivity index (χ0) is 17.1. The third kappa shape index (κ3) is 3.98. The van der Waals surface area contributed by atoms with Crippen molar-refractivity contribution in [1.29, 1.82) is 0 Å². The summed E-state index contributed by atoms with van der Waals surface area (Å²) in [6.45, 7) is 6.38. The summed E-state index contributed by atoms with van der Waals surface area (Å²) >= 11 is 1.88. The molecule has 0 radical (unpaired) electrons. The molecule has 0 saturated heterocycles. The van der Waals surface area contributed by atoms with Crippen molar-refractivity contribution in [1.82, 2.24) is 19.4 Å². The zero-order valence-electron chi connectivity index (χ0n) is 14.3. The van der Waals surface area contributed by atoms with Gasteiger partial charge in [0.15, 0.2) is 0 Å². The first-order valence-corrected chi connectivity index (χ1v) is 9.34. The summed E-state index contributed by atoms with van der Waals surface area (Å²) in [5, 5.41) is 0. The quantitative estimate of drug-likeness (QED) is 0.680. The minimum atomic E-state index is 0.300. The first-order chi connectivity index (χ1) is 12.3. The fourth-order valence-electron chi connectivity index (χ4n) is 3.30. The molecule has 6 heteroatoms. The molecule has 130 valence electrons. The van der Waals surface area contributed by atoms with Gasteiger partial charge in [-0.1, -0.05) is 0 Å². The van der Waals surface area contributed by atoms with Crippen LogP contribution < -0.4 is 0 Å². The highest BCUT2D eigenvalue weighted by atomic mass is 32.1. The number of fused-ring (bicyclic) bond motifs is 1. The van der Waals surface area contributed by atoms with Gasteiger partial charge in [-0.2, -0.15) is 0 Å². The number of nitrogens with zero attached hydrogens (tertiary/aromatic N) is 4. The smallest absolute Gasteiger partial charge is 0.0952 e. The number of hydrogen-bond donors (Lipinski definition) is 0. The molecule has 4 rings (SSSR count). The monoisotopic (exact) mass is 354 g/mol. The van der Waals surface area contributed by atoms with Gasteiger partial charge in [0.2, 0.25) is 0 Å². The molecule has 5 nitrogen and oxygen atoms in total. The van der Waals surface area contributed by atoms with Crippen LogP contribution >= 0.6 is 11.3 Å². The maximum Gasteiger partial charge on any atom is 0.0952 e. The van der Waals surface area contributed by atoms with Crippen LogP contribution in [0.5, 0.6) is 0 Å². The highest BCUT2D eigenvalue weighted by Gasteiger charge is 2.25. The average molecular weight is 354 g/mol. The second kappa shape index (κ2) is 7.47. The zero-order valence-corrected chi connectivity index (χ0v) is 15.2. The molecule has 0 aliphatic carbocycles. The molecular weight excluding hydrogens is 332 g/mol.